The van der Waals surface area contributed by atoms with Crippen LogP contribution in [-0.2, 0) is 13.0 Å². The molecule has 3 nitrogen and oxygen atoms in total. The average molecular weight is 498 g/mol. The Morgan fingerprint density at radius 3 is 2.82 bits per heavy atom. The monoisotopic (exact) mass is 497 g/mol. The molecule has 2 aromatic rings. The fraction of sp³-hybridized carbons (Fsp3) is 0.267. The fourth-order valence-electron chi connectivity index (χ4n) is 1.85. The first kappa shape index (κ1) is 19.4. The van der Waals surface area contributed by atoms with Crippen LogP contribution < -0.4 is 10.6 Å². The lowest BCUT2D eigenvalue weighted by Crippen LogP contribution is -2.37. The molecule has 0 fully saturated rings. The second-order valence-corrected chi connectivity index (χ2v) is 6.17. The van der Waals surface area contributed by atoms with E-state index in [9.17, 15) is 4.39 Å². The second kappa shape index (κ2) is 10.2. The van der Waals surface area contributed by atoms with Crippen molar-refractivity contribution in [2.24, 2.45) is 4.99 Å². The number of hydrogen-bond acceptors (Lipinski definition) is 2. The molecule has 120 valence electrons. The van der Waals surface area contributed by atoms with Crippen LogP contribution in [0.4, 0.5) is 4.39 Å². The topological polar surface area (TPSA) is 36.4 Å². The van der Waals surface area contributed by atoms with E-state index in [1.807, 2.05) is 5.38 Å². The molecule has 0 atom stereocenters. The van der Waals surface area contributed by atoms with Crippen LogP contribution in [0.5, 0.6) is 0 Å². The van der Waals surface area contributed by atoms with E-state index in [-0.39, 0.29) is 29.8 Å². The van der Waals surface area contributed by atoms with Gasteiger partial charge in [-0.25, -0.2) is 4.39 Å². The van der Waals surface area contributed by atoms with Crippen LogP contribution in [0.3, 0.4) is 0 Å². The lowest BCUT2D eigenvalue weighted by Gasteiger charge is -2.11. The van der Waals surface area contributed by atoms with Gasteiger partial charge >= 0.3 is 0 Å². The number of nitrogens with zero attached hydrogens (tertiary/aromatic N) is 1. The van der Waals surface area contributed by atoms with Crippen molar-refractivity contribution < 1.29 is 4.39 Å². The molecule has 0 aliphatic rings. The number of thiophene rings is 1. The highest BCUT2D eigenvalue weighted by atomic mass is 127. The van der Waals surface area contributed by atoms with Gasteiger partial charge in [0.15, 0.2) is 5.96 Å². The van der Waals surface area contributed by atoms with Gasteiger partial charge in [-0.2, -0.15) is 11.3 Å². The summed E-state index contributed by atoms with van der Waals surface area (Å²) in [6.07, 6.45) is 0.602. The minimum absolute atomic E-state index is 0. The summed E-state index contributed by atoms with van der Waals surface area (Å²) in [6.45, 7) is 1.35. The second-order valence-electron chi connectivity index (χ2n) is 4.47. The number of rotatable bonds is 5. The van der Waals surface area contributed by atoms with Crippen LogP contribution in [0.15, 0.2) is 44.5 Å². The molecule has 0 saturated heterocycles. The first-order valence-corrected chi connectivity index (χ1v) is 8.32. The lowest BCUT2D eigenvalue weighted by atomic mass is 10.1. The third-order valence-electron chi connectivity index (χ3n) is 2.96. The van der Waals surface area contributed by atoms with Crippen molar-refractivity contribution >= 4 is 57.2 Å². The molecule has 0 aliphatic carbocycles. The number of aliphatic imine (C=N–C) groups is 1. The van der Waals surface area contributed by atoms with Gasteiger partial charge in [-0.15, -0.1) is 24.0 Å². The third kappa shape index (κ3) is 6.21. The lowest BCUT2D eigenvalue weighted by molar-refractivity contribution is 0.606. The summed E-state index contributed by atoms with van der Waals surface area (Å²) in [7, 11) is 1.72. The highest BCUT2D eigenvalue weighted by Crippen LogP contribution is 2.15. The van der Waals surface area contributed by atoms with Crippen molar-refractivity contribution in [3.63, 3.8) is 0 Å². The quantitative estimate of drug-likeness (QED) is 0.369. The number of guanidine groups is 1. The van der Waals surface area contributed by atoms with Gasteiger partial charge in [-0.3, -0.25) is 4.99 Å². The maximum absolute atomic E-state index is 13.6. The van der Waals surface area contributed by atoms with E-state index in [1.165, 1.54) is 11.6 Å². The number of halogens is 3. The highest BCUT2D eigenvalue weighted by Gasteiger charge is 2.04. The Hall–Kier alpha value is -0.670. The minimum Gasteiger partial charge on any atom is -0.356 e. The van der Waals surface area contributed by atoms with E-state index in [0.29, 0.717) is 18.5 Å². The molecule has 1 aromatic carbocycles. The molecular weight excluding hydrogens is 480 g/mol. The molecule has 0 spiro atoms. The summed E-state index contributed by atoms with van der Waals surface area (Å²) in [4.78, 5) is 4.15. The molecule has 22 heavy (non-hydrogen) atoms. The molecule has 0 radical (unpaired) electrons. The van der Waals surface area contributed by atoms with Gasteiger partial charge in [0.1, 0.15) is 5.82 Å². The van der Waals surface area contributed by atoms with Crippen LogP contribution in [-0.4, -0.2) is 19.6 Å². The summed E-state index contributed by atoms with van der Waals surface area (Å²) in [5, 5.41) is 10.6. The van der Waals surface area contributed by atoms with Crippen LogP contribution in [0.25, 0.3) is 0 Å². The zero-order chi connectivity index (χ0) is 15.1. The first-order valence-electron chi connectivity index (χ1n) is 6.58. The molecular formula is C15H18BrFIN3S. The predicted octanol–water partition coefficient (Wildman–Crippen LogP) is 4.18. The van der Waals surface area contributed by atoms with E-state index in [1.54, 1.807) is 30.5 Å². The standard InChI is InChI=1S/C15H17BrFN3S.HI/c1-18-15(20-9-11-5-7-21-10-11)19-6-4-12-8-13(16)2-3-14(12)17;/h2-3,5,7-8,10H,4,6,9H2,1H3,(H2,18,19,20);1H. The van der Waals surface area contributed by atoms with Crippen LogP contribution in [0.1, 0.15) is 11.1 Å². The number of nitrogens with one attached hydrogen (secondary N) is 2. The maximum atomic E-state index is 13.6. The summed E-state index contributed by atoms with van der Waals surface area (Å²) in [5.41, 5.74) is 1.91. The zero-order valence-corrected chi connectivity index (χ0v) is 16.8. The smallest absolute Gasteiger partial charge is 0.191 e. The number of hydrogen-bond donors (Lipinski definition) is 2. The van der Waals surface area contributed by atoms with Gasteiger partial charge in [0.2, 0.25) is 0 Å². The van der Waals surface area contributed by atoms with Gasteiger partial charge in [0.05, 0.1) is 0 Å². The Morgan fingerprint density at radius 1 is 1.32 bits per heavy atom. The van der Waals surface area contributed by atoms with Crippen LogP contribution >= 0.6 is 51.2 Å². The zero-order valence-electron chi connectivity index (χ0n) is 12.1. The summed E-state index contributed by atoms with van der Waals surface area (Å²) >= 11 is 5.03. The molecule has 0 aliphatic heterocycles. The summed E-state index contributed by atoms with van der Waals surface area (Å²) in [5.74, 6) is 0.540. The molecule has 1 heterocycles. The summed E-state index contributed by atoms with van der Waals surface area (Å²) < 4.78 is 14.5. The minimum atomic E-state index is -0.179. The van der Waals surface area contributed by atoms with Crippen LogP contribution in [0, 0.1) is 5.82 Å². The Kier molecular flexibility index (Phi) is 8.96. The SMILES string of the molecule is CN=C(NCCc1cc(Br)ccc1F)NCc1ccsc1.I. The van der Waals surface area contributed by atoms with Crippen molar-refractivity contribution in [1.82, 2.24) is 10.6 Å². The Balaban J connectivity index is 0.00000242. The molecule has 0 saturated carbocycles. The van der Waals surface area contributed by atoms with E-state index >= 15 is 0 Å². The van der Waals surface area contributed by atoms with E-state index in [2.05, 4.69) is 43.0 Å². The van der Waals surface area contributed by atoms with Gasteiger partial charge in [-0.1, -0.05) is 15.9 Å². The summed E-state index contributed by atoms with van der Waals surface area (Å²) in [6, 6.07) is 7.05. The Morgan fingerprint density at radius 2 is 2.14 bits per heavy atom. The van der Waals surface area contributed by atoms with Gasteiger partial charge in [-0.05, 0) is 52.6 Å². The Labute approximate surface area is 159 Å². The van der Waals surface area contributed by atoms with Crippen molar-refractivity contribution in [2.45, 2.75) is 13.0 Å². The van der Waals surface area contributed by atoms with Gasteiger partial charge < -0.3 is 10.6 Å². The van der Waals surface area contributed by atoms with E-state index in [4.69, 9.17) is 0 Å². The van der Waals surface area contributed by atoms with Crippen molar-refractivity contribution in [3.8, 4) is 0 Å². The van der Waals surface area contributed by atoms with Gasteiger partial charge in [0, 0.05) is 24.6 Å². The molecule has 0 amide bonds. The molecule has 1 aromatic heterocycles. The Bertz CT molecular complexity index is 605. The van der Waals surface area contributed by atoms with E-state index in [0.717, 1.165) is 17.0 Å². The van der Waals surface area contributed by atoms with Crippen molar-refractivity contribution in [2.75, 3.05) is 13.6 Å². The number of benzene rings is 1. The highest BCUT2D eigenvalue weighted by molar-refractivity contribution is 14.0. The fourth-order valence-corrected chi connectivity index (χ4v) is 2.93. The van der Waals surface area contributed by atoms with Crippen LogP contribution in [0.2, 0.25) is 0 Å². The molecule has 7 heteroatoms. The molecule has 2 rings (SSSR count). The maximum Gasteiger partial charge on any atom is 0.191 e. The average Bonchev–Trinajstić information content (AvgIpc) is 2.99. The largest absolute Gasteiger partial charge is 0.356 e. The van der Waals surface area contributed by atoms with Crippen molar-refractivity contribution in [3.05, 3.63) is 56.4 Å². The predicted molar refractivity (Wildman–Crippen MR) is 106 cm³/mol. The van der Waals surface area contributed by atoms with Crippen molar-refractivity contribution in [1.29, 1.82) is 0 Å². The molecule has 0 bridgehead atoms. The third-order valence-corrected chi connectivity index (χ3v) is 4.18. The van der Waals surface area contributed by atoms with Gasteiger partial charge in [0.25, 0.3) is 0 Å². The molecule has 2 N–H and O–H groups in total. The normalized spacial score (nSPS) is 11.0. The van der Waals surface area contributed by atoms with E-state index < -0.39 is 0 Å². The molecule has 0 unspecified atom stereocenters. The first-order chi connectivity index (χ1) is 10.2.